The molecule has 1 unspecified atom stereocenters. The lowest BCUT2D eigenvalue weighted by Crippen LogP contribution is -2.46. The first kappa shape index (κ1) is 20.5. The Bertz CT molecular complexity index is 654. The van der Waals surface area contributed by atoms with Gasteiger partial charge in [0.25, 0.3) is 0 Å². The number of amides is 1. The second-order valence-corrected chi connectivity index (χ2v) is 6.85. The van der Waals surface area contributed by atoms with Crippen molar-refractivity contribution in [2.45, 2.75) is 31.5 Å². The van der Waals surface area contributed by atoms with Gasteiger partial charge in [-0.05, 0) is 31.0 Å². The number of carbonyl (C=O) groups excluding carboxylic acids is 1. The average Bonchev–Trinajstić information content (AvgIpc) is 2.77. The van der Waals surface area contributed by atoms with Crippen LogP contribution in [-0.4, -0.2) is 52.9 Å². The Morgan fingerprint density at radius 3 is 2.62 bits per heavy atom. The lowest BCUT2D eigenvalue weighted by molar-refractivity contribution is -0.150. The lowest BCUT2D eigenvalue weighted by Gasteiger charge is -2.28. The van der Waals surface area contributed by atoms with Gasteiger partial charge in [-0.15, -0.1) is 0 Å². The van der Waals surface area contributed by atoms with Gasteiger partial charge < -0.3 is 14.9 Å². The van der Waals surface area contributed by atoms with Crippen molar-refractivity contribution in [2.75, 3.05) is 29.9 Å². The fourth-order valence-electron chi connectivity index (χ4n) is 2.99. The Morgan fingerprint density at radius 1 is 1.27 bits per heavy atom. The standard InChI is InChI=1S/C17H20BrF3N2O3/c18-7-2-5-14(16(25)26)23-10-9-22(8-6-15(23)24)13-4-1-3-12(11-13)17(19,20)21/h1,3-4,11,14H,2,5-10H2,(H,25,26). The molecule has 1 amide bonds. The van der Waals surface area contributed by atoms with E-state index >= 15 is 0 Å². The summed E-state index contributed by atoms with van der Waals surface area (Å²) in [5.41, 5.74) is -0.370. The van der Waals surface area contributed by atoms with E-state index in [1.165, 1.54) is 11.0 Å². The van der Waals surface area contributed by atoms with Crippen molar-refractivity contribution in [2.24, 2.45) is 0 Å². The molecule has 0 bridgehead atoms. The third-order valence-corrected chi connectivity index (χ3v) is 4.90. The average molecular weight is 437 g/mol. The highest BCUT2D eigenvalue weighted by Gasteiger charge is 2.33. The van der Waals surface area contributed by atoms with Crippen LogP contribution >= 0.6 is 15.9 Å². The molecule has 1 heterocycles. The molecular weight excluding hydrogens is 417 g/mol. The van der Waals surface area contributed by atoms with E-state index in [0.717, 1.165) is 12.1 Å². The summed E-state index contributed by atoms with van der Waals surface area (Å²) in [6, 6.07) is 4.04. The normalized spacial score (nSPS) is 17.2. The number of alkyl halides is 4. The number of halogens is 4. The van der Waals surface area contributed by atoms with Crippen molar-refractivity contribution in [3.05, 3.63) is 29.8 Å². The Morgan fingerprint density at radius 2 is 2.00 bits per heavy atom. The zero-order valence-corrected chi connectivity index (χ0v) is 15.6. The first-order chi connectivity index (χ1) is 12.2. The zero-order valence-electron chi connectivity index (χ0n) is 14.0. The van der Waals surface area contributed by atoms with E-state index in [4.69, 9.17) is 0 Å². The second-order valence-electron chi connectivity index (χ2n) is 6.06. The topological polar surface area (TPSA) is 60.9 Å². The van der Waals surface area contributed by atoms with Gasteiger partial charge in [-0.2, -0.15) is 13.2 Å². The van der Waals surface area contributed by atoms with E-state index in [1.54, 1.807) is 11.0 Å². The van der Waals surface area contributed by atoms with Gasteiger partial charge in [-0.3, -0.25) is 4.79 Å². The van der Waals surface area contributed by atoms with E-state index in [1.807, 2.05) is 0 Å². The van der Waals surface area contributed by atoms with Crippen LogP contribution in [0.3, 0.4) is 0 Å². The summed E-state index contributed by atoms with van der Waals surface area (Å²) in [7, 11) is 0. The highest BCUT2D eigenvalue weighted by molar-refractivity contribution is 9.09. The quantitative estimate of drug-likeness (QED) is 0.694. The summed E-state index contributed by atoms with van der Waals surface area (Å²) in [5.74, 6) is -1.35. The monoisotopic (exact) mass is 436 g/mol. The molecule has 1 N–H and O–H groups in total. The van der Waals surface area contributed by atoms with Crippen LogP contribution in [0.25, 0.3) is 0 Å². The summed E-state index contributed by atoms with van der Waals surface area (Å²) in [6.07, 6.45) is -3.43. The molecule has 1 fully saturated rings. The number of carboxylic acid groups (broad SMARTS) is 1. The number of hydrogen-bond donors (Lipinski definition) is 1. The van der Waals surface area contributed by atoms with Gasteiger partial charge in [0.05, 0.1) is 5.56 Å². The molecule has 144 valence electrons. The van der Waals surface area contributed by atoms with E-state index in [2.05, 4.69) is 15.9 Å². The Kier molecular flexibility index (Phi) is 6.91. The third-order valence-electron chi connectivity index (χ3n) is 4.34. The number of carboxylic acids is 1. The van der Waals surface area contributed by atoms with Crippen LogP contribution in [-0.2, 0) is 15.8 Å². The van der Waals surface area contributed by atoms with Crippen LogP contribution in [0.2, 0.25) is 0 Å². The van der Waals surface area contributed by atoms with Crippen molar-refractivity contribution < 1.29 is 27.9 Å². The zero-order chi connectivity index (χ0) is 19.3. The van der Waals surface area contributed by atoms with E-state index in [-0.39, 0.29) is 32.0 Å². The fraction of sp³-hybridized carbons (Fsp3) is 0.529. The van der Waals surface area contributed by atoms with Crippen molar-refractivity contribution in [1.29, 1.82) is 0 Å². The number of anilines is 1. The second kappa shape index (κ2) is 8.75. The number of rotatable bonds is 6. The minimum Gasteiger partial charge on any atom is -0.480 e. The summed E-state index contributed by atoms with van der Waals surface area (Å²) in [6.45, 7) is 0.695. The maximum atomic E-state index is 12.9. The van der Waals surface area contributed by atoms with Crippen LogP contribution in [0.1, 0.15) is 24.8 Å². The maximum absolute atomic E-state index is 12.9. The van der Waals surface area contributed by atoms with Gasteiger partial charge >= 0.3 is 12.1 Å². The molecule has 1 aliphatic heterocycles. The highest BCUT2D eigenvalue weighted by atomic mass is 79.9. The molecule has 1 saturated heterocycles. The first-order valence-corrected chi connectivity index (χ1v) is 9.36. The van der Waals surface area contributed by atoms with E-state index < -0.39 is 23.8 Å². The van der Waals surface area contributed by atoms with Crippen molar-refractivity contribution >= 4 is 33.5 Å². The molecule has 1 atom stereocenters. The predicted octanol–water partition coefficient (Wildman–Crippen LogP) is 3.37. The number of nitrogens with zero attached hydrogens (tertiary/aromatic N) is 2. The molecule has 0 aromatic heterocycles. The molecule has 26 heavy (non-hydrogen) atoms. The molecule has 2 rings (SSSR count). The highest BCUT2D eigenvalue weighted by Crippen LogP contribution is 2.32. The van der Waals surface area contributed by atoms with Crippen LogP contribution in [0, 0.1) is 0 Å². The molecule has 0 radical (unpaired) electrons. The first-order valence-electron chi connectivity index (χ1n) is 8.24. The Hall–Kier alpha value is -1.77. The summed E-state index contributed by atoms with van der Waals surface area (Å²) >= 11 is 3.25. The fourth-order valence-corrected chi connectivity index (χ4v) is 3.31. The smallest absolute Gasteiger partial charge is 0.416 e. The van der Waals surface area contributed by atoms with Crippen molar-refractivity contribution in [3.8, 4) is 0 Å². The molecule has 9 heteroatoms. The minimum absolute atomic E-state index is 0.0638. The summed E-state index contributed by atoms with van der Waals surface area (Å²) in [4.78, 5) is 26.9. The van der Waals surface area contributed by atoms with Crippen LogP contribution < -0.4 is 4.90 Å². The number of carbonyl (C=O) groups is 2. The molecular formula is C17H20BrF3N2O3. The van der Waals surface area contributed by atoms with Crippen molar-refractivity contribution in [1.82, 2.24) is 4.90 Å². The van der Waals surface area contributed by atoms with Gasteiger partial charge in [0.2, 0.25) is 5.91 Å². The van der Waals surface area contributed by atoms with Gasteiger partial charge in [0.15, 0.2) is 0 Å². The largest absolute Gasteiger partial charge is 0.480 e. The molecule has 1 aromatic carbocycles. The van der Waals surface area contributed by atoms with Gasteiger partial charge in [0, 0.05) is 37.1 Å². The van der Waals surface area contributed by atoms with E-state index in [9.17, 15) is 27.9 Å². The maximum Gasteiger partial charge on any atom is 0.416 e. The number of benzene rings is 1. The minimum atomic E-state index is -4.44. The van der Waals surface area contributed by atoms with Crippen LogP contribution in [0.4, 0.5) is 18.9 Å². The molecule has 5 nitrogen and oxygen atoms in total. The third kappa shape index (κ3) is 5.12. The van der Waals surface area contributed by atoms with Gasteiger partial charge in [0.1, 0.15) is 6.04 Å². The molecule has 1 aromatic rings. The van der Waals surface area contributed by atoms with E-state index in [0.29, 0.717) is 23.9 Å². The van der Waals surface area contributed by atoms with Crippen LogP contribution in [0.5, 0.6) is 0 Å². The summed E-state index contributed by atoms with van der Waals surface area (Å²) < 4.78 is 38.7. The van der Waals surface area contributed by atoms with Gasteiger partial charge in [-0.25, -0.2) is 4.79 Å². The lowest BCUT2D eigenvalue weighted by atomic mass is 10.1. The van der Waals surface area contributed by atoms with Crippen LogP contribution in [0.15, 0.2) is 24.3 Å². The Balaban J connectivity index is 2.16. The molecule has 0 saturated carbocycles. The predicted molar refractivity (Wildman–Crippen MR) is 94.4 cm³/mol. The number of hydrogen-bond acceptors (Lipinski definition) is 3. The Labute approximate surface area is 157 Å². The summed E-state index contributed by atoms with van der Waals surface area (Å²) in [5, 5.41) is 10.1. The molecule has 0 spiro atoms. The van der Waals surface area contributed by atoms with Crippen molar-refractivity contribution in [3.63, 3.8) is 0 Å². The SMILES string of the molecule is O=C(O)C(CCCBr)N1CCN(c2cccc(C(F)(F)F)c2)CCC1=O. The molecule has 1 aliphatic rings. The molecule has 0 aliphatic carbocycles. The van der Waals surface area contributed by atoms with Gasteiger partial charge in [-0.1, -0.05) is 22.0 Å². The number of aliphatic carboxylic acids is 1.